The first-order valence-corrected chi connectivity index (χ1v) is 8.76. The molecular formula is C21H26N4. The lowest BCUT2D eigenvalue weighted by Crippen LogP contribution is -2.13. The number of aromatic nitrogens is 3. The summed E-state index contributed by atoms with van der Waals surface area (Å²) in [6, 6.07) is 18.6. The van der Waals surface area contributed by atoms with E-state index in [4.69, 9.17) is 5.73 Å². The fourth-order valence-electron chi connectivity index (χ4n) is 2.79. The molecule has 0 aliphatic heterocycles. The lowest BCUT2D eigenvalue weighted by atomic mass is 9.87. The molecule has 2 aromatic carbocycles. The lowest BCUT2D eigenvalue weighted by Gasteiger charge is -2.18. The second-order valence-electron chi connectivity index (χ2n) is 7.50. The van der Waals surface area contributed by atoms with Gasteiger partial charge in [-0.2, -0.15) is 5.10 Å². The van der Waals surface area contributed by atoms with Crippen molar-refractivity contribution in [2.75, 3.05) is 0 Å². The van der Waals surface area contributed by atoms with E-state index in [1.54, 1.807) is 0 Å². The molecule has 0 unspecified atom stereocenters. The lowest BCUT2D eigenvalue weighted by molar-refractivity contribution is 0.590. The third-order valence-electron chi connectivity index (χ3n) is 4.45. The molecule has 0 bridgehead atoms. The highest BCUT2D eigenvalue weighted by Crippen LogP contribution is 2.25. The third kappa shape index (κ3) is 4.34. The first-order chi connectivity index (χ1) is 11.9. The van der Waals surface area contributed by atoms with Crippen LogP contribution in [0.15, 0.2) is 54.6 Å². The average molecular weight is 334 g/mol. The summed E-state index contributed by atoms with van der Waals surface area (Å²) in [5.74, 6) is 1.44. The topological polar surface area (TPSA) is 67.6 Å². The zero-order valence-corrected chi connectivity index (χ0v) is 15.2. The Kier molecular flexibility index (Phi) is 5.00. The Hall–Kier alpha value is -2.46. The Labute approximate surface area is 149 Å². The van der Waals surface area contributed by atoms with Gasteiger partial charge in [0.2, 0.25) is 0 Å². The number of hydrogen-bond donors (Lipinski definition) is 2. The van der Waals surface area contributed by atoms with Gasteiger partial charge in [0.25, 0.3) is 0 Å². The SMILES string of the molecule is CC(C)(C)c1ccc(-c2n[nH]c([C@H](N)CCc3ccccc3)n2)cc1. The molecule has 3 rings (SSSR count). The van der Waals surface area contributed by atoms with Crippen molar-refractivity contribution in [1.29, 1.82) is 0 Å². The van der Waals surface area contributed by atoms with Crippen molar-refractivity contribution in [2.45, 2.75) is 45.1 Å². The molecule has 25 heavy (non-hydrogen) atoms. The van der Waals surface area contributed by atoms with Gasteiger partial charge in [0, 0.05) is 5.56 Å². The number of aryl methyl sites for hydroxylation is 1. The molecule has 0 amide bonds. The zero-order valence-electron chi connectivity index (χ0n) is 15.2. The standard InChI is InChI=1S/C21H26N4/c1-21(2,3)17-12-10-16(11-13-17)19-23-20(25-24-19)18(22)14-9-15-7-5-4-6-8-15/h4-8,10-13,18H,9,14,22H2,1-3H3,(H,23,24,25)/t18-/m1/s1. The van der Waals surface area contributed by atoms with Crippen LogP contribution in [-0.4, -0.2) is 15.2 Å². The van der Waals surface area contributed by atoms with E-state index in [2.05, 4.69) is 84.5 Å². The second kappa shape index (κ2) is 7.19. The largest absolute Gasteiger partial charge is 0.321 e. The van der Waals surface area contributed by atoms with Crippen molar-refractivity contribution >= 4 is 0 Å². The summed E-state index contributed by atoms with van der Waals surface area (Å²) in [6.45, 7) is 6.62. The molecule has 130 valence electrons. The van der Waals surface area contributed by atoms with Crippen LogP contribution in [-0.2, 0) is 11.8 Å². The van der Waals surface area contributed by atoms with Gasteiger partial charge in [0.1, 0.15) is 5.82 Å². The van der Waals surface area contributed by atoms with Gasteiger partial charge in [0.15, 0.2) is 5.82 Å². The Bertz CT molecular complexity index is 798. The number of rotatable bonds is 5. The maximum atomic E-state index is 6.28. The summed E-state index contributed by atoms with van der Waals surface area (Å²) in [5, 5.41) is 7.34. The van der Waals surface area contributed by atoms with Gasteiger partial charge < -0.3 is 5.73 Å². The molecule has 1 heterocycles. The van der Waals surface area contributed by atoms with Gasteiger partial charge in [-0.25, -0.2) is 4.98 Å². The van der Waals surface area contributed by atoms with Crippen LogP contribution >= 0.6 is 0 Å². The summed E-state index contributed by atoms with van der Waals surface area (Å²) in [4.78, 5) is 4.59. The van der Waals surface area contributed by atoms with E-state index in [-0.39, 0.29) is 11.5 Å². The molecule has 0 saturated carbocycles. The summed E-state index contributed by atoms with van der Waals surface area (Å²) >= 11 is 0. The Morgan fingerprint density at radius 1 is 1.00 bits per heavy atom. The number of nitrogens with two attached hydrogens (primary N) is 1. The summed E-state index contributed by atoms with van der Waals surface area (Å²) < 4.78 is 0. The third-order valence-corrected chi connectivity index (χ3v) is 4.45. The fourth-order valence-corrected chi connectivity index (χ4v) is 2.79. The molecule has 0 fully saturated rings. The van der Waals surface area contributed by atoms with Gasteiger partial charge in [-0.05, 0) is 29.4 Å². The van der Waals surface area contributed by atoms with Crippen molar-refractivity contribution in [3.63, 3.8) is 0 Å². The molecule has 0 spiro atoms. The number of benzene rings is 2. The number of nitrogens with one attached hydrogen (secondary N) is 1. The van der Waals surface area contributed by atoms with E-state index in [1.165, 1.54) is 11.1 Å². The number of nitrogens with zero attached hydrogens (tertiary/aromatic N) is 2. The Morgan fingerprint density at radius 2 is 1.68 bits per heavy atom. The molecule has 0 aliphatic carbocycles. The van der Waals surface area contributed by atoms with E-state index in [1.807, 2.05) is 6.07 Å². The molecule has 3 aromatic rings. The zero-order chi connectivity index (χ0) is 17.9. The minimum Gasteiger partial charge on any atom is -0.321 e. The normalized spacial score (nSPS) is 13.0. The van der Waals surface area contributed by atoms with Crippen LogP contribution in [0, 0.1) is 0 Å². The van der Waals surface area contributed by atoms with Crippen molar-refractivity contribution in [1.82, 2.24) is 15.2 Å². The first-order valence-electron chi connectivity index (χ1n) is 8.76. The maximum absolute atomic E-state index is 6.28. The highest BCUT2D eigenvalue weighted by atomic mass is 15.2. The molecule has 1 aromatic heterocycles. The number of hydrogen-bond acceptors (Lipinski definition) is 3. The maximum Gasteiger partial charge on any atom is 0.181 e. The first kappa shape index (κ1) is 17.4. The summed E-state index contributed by atoms with van der Waals surface area (Å²) in [6.07, 6.45) is 1.76. The van der Waals surface area contributed by atoms with Gasteiger partial charge >= 0.3 is 0 Å². The predicted octanol–water partition coefficient (Wildman–Crippen LogP) is 4.40. The number of H-pyrrole nitrogens is 1. The molecule has 4 heteroatoms. The Morgan fingerprint density at radius 3 is 2.32 bits per heavy atom. The minimum atomic E-state index is -0.143. The van der Waals surface area contributed by atoms with Gasteiger partial charge in [0.05, 0.1) is 6.04 Å². The van der Waals surface area contributed by atoms with Gasteiger partial charge in [-0.15, -0.1) is 0 Å². The van der Waals surface area contributed by atoms with E-state index in [0.717, 1.165) is 24.2 Å². The van der Waals surface area contributed by atoms with Crippen molar-refractivity contribution < 1.29 is 0 Å². The molecule has 1 atom stereocenters. The Balaban J connectivity index is 1.67. The van der Waals surface area contributed by atoms with Crippen LogP contribution in [0.2, 0.25) is 0 Å². The van der Waals surface area contributed by atoms with E-state index in [0.29, 0.717) is 5.82 Å². The van der Waals surface area contributed by atoms with Gasteiger partial charge in [-0.3, -0.25) is 5.10 Å². The van der Waals surface area contributed by atoms with Crippen LogP contribution < -0.4 is 5.73 Å². The van der Waals surface area contributed by atoms with Crippen LogP contribution in [0.5, 0.6) is 0 Å². The quantitative estimate of drug-likeness (QED) is 0.726. The average Bonchev–Trinajstić information content (AvgIpc) is 3.10. The minimum absolute atomic E-state index is 0.141. The molecule has 3 N–H and O–H groups in total. The van der Waals surface area contributed by atoms with Gasteiger partial charge in [-0.1, -0.05) is 75.4 Å². The van der Waals surface area contributed by atoms with Crippen LogP contribution in [0.25, 0.3) is 11.4 Å². The van der Waals surface area contributed by atoms with E-state index < -0.39 is 0 Å². The highest BCUT2D eigenvalue weighted by Gasteiger charge is 2.15. The van der Waals surface area contributed by atoms with E-state index >= 15 is 0 Å². The van der Waals surface area contributed by atoms with Crippen LogP contribution in [0.4, 0.5) is 0 Å². The summed E-state index contributed by atoms with van der Waals surface area (Å²) in [7, 11) is 0. The smallest absolute Gasteiger partial charge is 0.181 e. The molecule has 0 radical (unpaired) electrons. The predicted molar refractivity (Wildman–Crippen MR) is 102 cm³/mol. The monoisotopic (exact) mass is 334 g/mol. The molecule has 4 nitrogen and oxygen atoms in total. The van der Waals surface area contributed by atoms with E-state index in [9.17, 15) is 0 Å². The van der Waals surface area contributed by atoms with Crippen LogP contribution in [0.1, 0.15) is 50.2 Å². The number of aromatic amines is 1. The van der Waals surface area contributed by atoms with Crippen molar-refractivity contribution in [3.05, 3.63) is 71.5 Å². The second-order valence-corrected chi connectivity index (χ2v) is 7.50. The van der Waals surface area contributed by atoms with Crippen LogP contribution in [0.3, 0.4) is 0 Å². The van der Waals surface area contributed by atoms with Crippen molar-refractivity contribution in [2.24, 2.45) is 5.73 Å². The molecular weight excluding hydrogens is 308 g/mol. The highest BCUT2D eigenvalue weighted by molar-refractivity contribution is 5.55. The summed E-state index contributed by atoms with van der Waals surface area (Å²) in [5.41, 5.74) is 10.0. The fraction of sp³-hybridized carbons (Fsp3) is 0.333. The molecule has 0 saturated heterocycles. The van der Waals surface area contributed by atoms with Crippen molar-refractivity contribution in [3.8, 4) is 11.4 Å². The molecule has 0 aliphatic rings.